The number of ether oxygens (including phenoxy) is 3. The molecule has 0 radical (unpaired) electrons. The summed E-state index contributed by atoms with van der Waals surface area (Å²) in [5.74, 6) is 0.811. The number of nitrogens with zero attached hydrogens (tertiary/aromatic N) is 1. The van der Waals surface area contributed by atoms with Crippen molar-refractivity contribution >= 4 is 0 Å². The number of rotatable bonds is 4. The van der Waals surface area contributed by atoms with Gasteiger partial charge in [-0.15, -0.1) is 0 Å². The van der Waals surface area contributed by atoms with Gasteiger partial charge < -0.3 is 14.2 Å². The van der Waals surface area contributed by atoms with Crippen molar-refractivity contribution in [2.45, 2.75) is 13.1 Å². The molecule has 2 aromatic rings. The fourth-order valence-corrected chi connectivity index (χ4v) is 2.20. The minimum absolute atomic E-state index is 0.0590. The van der Waals surface area contributed by atoms with Crippen molar-refractivity contribution in [2.24, 2.45) is 0 Å². The van der Waals surface area contributed by atoms with Crippen LogP contribution < -0.4 is 14.2 Å². The number of benzene rings is 1. The molecule has 0 unspecified atom stereocenters. The van der Waals surface area contributed by atoms with Gasteiger partial charge in [-0.1, -0.05) is 0 Å². The molecular weight excluding hydrogens is 301 g/mol. The quantitative estimate of drug-likeness (QED) is 0.939. The minimum atomic E-state index is -4.52. The predicted octanol–water partition coefficient (Wildman–Crippen LogP) is 3.43. The van der Waals surface area contributed by atoms with Crippen LogP contribution in [0.3, 0.4) is 0 Å². The summed E-state index contributed by atoms with van der Waals surface area (Å²) in [5.41, 5.74) is -0.881. The number of aromatic amines is 1. The molecule has 0 saturated heterocycles. The Morgan fingerprint density at radius 1 is 1.00 bits per heavy atom. The average Bonchev–Trinajstić information content (AvgIpc) is 2.87. The van der Waals surface area contributed by atoms with Crippen LogP contribution in [0, 0.1) is 6.92 Å². The molecule has 0 aliphatic rings. The van der Waals surface area contributed by atoms with Crippen LogP contribution in [-0.4, -0.2) is 31.5 Å². The van der Waals surface area contributed by atoms with Crippen molar-refractivity contribution in [1.29, 1.82) is 0 Å². The molecule has 0 saturated carbocycles. The summed E-state index contributed by atoms with van der Waals surface area (Å²) in [7, 11) is 4.20. The van der Waals surface area contributed by atoms with Gasteiger partial charge in [0.25, 0.3) is 0 Å². The predicted molar refractivity (Wildman–Crippen MR) is 73.4 cm³/mol. The van der Waals surface area contributed by atoms with Crippen molar-refractivity contribution in [3.8, 4) is 28.5 Å². The second-order valence-electron chi connectivity index (χ2n) is 4.48. The van der Waals surface area contributed by atoms with Gasteiger partial charge in [0.15, 0.2) is 11.5 Å². The van der Waals surface area contributed by atoms with Gasteiger partial charge in [-0.05, 0) is 19.1 Å². The zero-order valence-corrected chi connectivity index (χ0v) is 12.5. The highest BCUT2D eigenvalue weighted by molar-refractivity contribution is 5.71. The molecule has 0 bridgehead atoms. The number of alkyl halides is 3. The minimum Gasteiger partial charge on any atom is -0.493 e. The Labute approximate surface area is 125 Å². The molecule has 0 atom stereocenters. The molecule has 0 aliphatic carbocycles. The molecule has 0 amide bonds. The Morgan fingerprint density at radius 3 is 1.95 bits per heavy atom. The van der Waals surface area contributed by atoms with Gasteiger partial charge in [0, 0.05) is 11.3 Å². The lowest BCUT2D eigenvalue weighted by molar-refractivity contribution is -0.137. The van der Waals surface area contributed by atoms with Gasteiger partial charge in [0.2, 0.25) is 5.75 Å². The summed E-state index contributed by atoms with van der Waals surface area (Å²) in [5, 5.41) is 6.12. The first-order valence-corrected chi connectivity index (χ1v) is 6.26. The Balaban J connectivity index is 2.69. The molecule has 1 aromatic carbocycles. The highest BCUT2D eigenvalue weighted by Gasteiger charge is 2.38. The number of aryl methyl sites for hydroxylation is 1. The molecule has 0 fully saturated rings. The van der Waals surface area contributed by atoms with Crippen LogP contribution in [0.1, 0.15) is 11.3 Å². The summed E-state index contributed by atoms with van der Waals surface area (Å²) < 4.78 is 55.0. The monoisotopic (exact) mass is 316 g/mol. The molecule has 1 N–H and O–H groups in total. The molecule has 8 heteroatoms. The summed E-state index contributed by atoms with van der Waals surface area (Å²) >= 11 is 0. The van der Waals surface area contributed by atoms with E-state index in [4.69, 9.17) is 14.2 Å². The van der Waals surface area contributed by atoms with Crippen LogP contribution in [-0.2, 0) is 6.18 Å². The first kappa shape index (κ1) is 16.0. The Kier molecular flexibility index (Phi) is 4.20. The van der Waals surface area contributed by atoms with E-state index in [1.54, 1.807) is 0 Å². The summed E-state index contributed by atoms with van der Waals surface area (Å²) in [4.78, 5) is 0. The maximum absolute atomic E-state index is 13.2. The second-order valence-corrected chi connectivity index (χ2v) is 4.48. The van der Waals surface area contributed by atoms with Crippen LogP contribution in [0.25, 0.3) is 11.3 Å². The zero-order valence-electron chi connectivity index (χ0n) is 12.5. The summed E-state index contributed by atoms with van der Waals surface area (Å²) in [6, 6.07) is 2.85. The molecule has 0 spiro atoms. The zero-order chi connectivity index (χ0) is 16.5. The summed E-state index contributed by atoms with van der Waals surface area (Å²) in [6.07, 6.45) is -4.52. The lowest BCUT2D eigenvalue weighted by Gasteiger charge is -2.14. The van der Waals surface area contributed by atoms with Crippen LogP contribution >= 0.6 is 0 Å². The topological polar surface area (TPSA) is 56.4 Å². The number of hydrogen-bond acceptors (Lipinski definition) is 4. The van der Waals surface area contributed by atoms with Crippen LogP contribution in [0.4, 0.5) is 13.2 Å². The number of H-pyrrole nitrogens is 1. The van der Waals surface area contributed by atoms with E-state index in [1.165, 1.54) is 40.4 Å². The van der Waals surface area contributed by atoms with Gasteiger partial charge in [-0.3, -0.25) is 5.10 Å². The van der Waals surface area contributed by atoms with E-state index in [-0.39, 0.29) is 28.5 Å². The van der Waals surface area contributed by atoms with E-state index in [2.05, 4.69) is 10.2 Å². The fraction of sp³-hybridized carbons (Fsp3) is 0.357. The largest absolute Gasteiger partial charge is 0.493 e. The van der Waals surface area contributed by atoms with Crippen LogP contribution in [0.5, 0.6) is 17.2 Å². The maximum atomic E-state index is 13.2. The summed E-state index contributed by atoms with van der Waals surface area (Å²) in [6.45, 7) is 1.32. The lowest BCUT2D eigenvalue weighted by atomic mass is 10.0. The van der Waals surface area contributed by atoms with E-state index in [1.807, 2.05) is 0 Å². The normalized spacial score (nSPS) is 11.4. The van der Waals surface area contributed by atoms with Crippen molar-refractivity contribution in [2.75, 3.05) is 21.3 Å². The number of nitrogens with one attached hydrogen (secondary N) is 1. The average molecular weight is 316 g/mol. The number of methoxy groups -OCH3 is 3. The highest BCUT2D eigenvalue weighted by atomic mass is 19.4. The standard InChI is InChI=1S/C14H15F3N2O3/c1-7-11(14(15,16)17)12(19-18-7)8-5-9(20-2)13(22-4)10(6-8)21-3/h5-6H,1-4H3,(H,18,19). The molecule has 0 aliphatic heterocycles. The van der Waals surface area contributed by atoms with Gasteiger partial charge in [-0.2, -0.15) is 18.3 Å². The number of hydrogen-bond donors (Lipinski definition) is 1. The van der Waals surface area contributed by atoms with Gasteiger partial charge >= 0.3 is 6.18 Å². The fourth-order valence-electron chi connectivity index (χ4n) is 2.20. The third-order valence-corrected chi connectivity index (χ3v) is 3.17. The first-order chi connectivity index (χ1) is 10.3. The number of aromatic nitrogens is 2. The van der Waals surface area contributed by atoms with Gasteiger partial charge in [0.05, 0.1) is 21.3 Å². The third kappa shape index (κ3) is 2.68. The number of halogens is 3. The Bertz CT molecular complexity index is 655. The molecule has 5 nitrogen and oxygen atoms in total. The van der Waals surface area contributed by atoms with E-state index in [0.29, 0.717) is 5.75 Å². The molecule has 120 valence electrons. The van der Waals surface area contributed by atoms with Crippen molar-refractivity contribution < 1.29 is 27.4 Å². The molecule has 1 heterocycles. The van der Waals surface area contributed by atoms with E-state index in [0.717, 1.165) is 0 Å². The van der Waals surface area contributed by atoms with Crippen molar-refractivity contribution in [3.05, 3.63) is 23.4 Å². The van der Waals surface area contributed by atoms with E-state index < -0.39 is 11.7 Å². The van der Waals surface area contributed by atoms with E-state index >= 15 is 0 Å². The van der Waals surface area contributed by atoms with Crippen molar-refractivity contribution in [3.63, 3.8) is 0 Å². The second kappa shape index (κ2) is 5.78. The highest BCUT2D eigenvalue weighted by Crippen LogP contribution is 2.44. The third-order valence-electron chi connectivity index (χ3n) is 3.17. The first-order valence-electron chi connectivity index (χ1n) is 6.26. The van der Waals surface area contributed by atoms with Crippen LogP contribution in [0.2, 0.25) is 0 Å². The molecule has 1 aromatic heterocycles. The smallest absolute Gasteiger partial charge is 0.420 e. The molecule has 2 rings (SSSR count). The van der Waals surface area contributed by atoms with Gasteiger partial charge in [0.1, 0.15) is 11.3 Å². The van der Waals surface area contributed by atoms with Gasteiger partial charge in [-0.25, -0.2) is 0 Å². The lowest BCUT2D eigenvalue weighted by Crippen LogP contribution is -2.07. The Morgan fingerprint density at radius 2 is 1.55 bits per heavy atom. The SMILES string of the molecule is COc1cc(-c2n[nH]c(C)c2C(F)(F)F)cc(OC)c1OC. The maximum Gasteiger partial charge on any atom is 0.420 e. The van der Waals surface area contributed by atoms with E-state index in [9.17, 15) is 13.2 Å². The van der Waals surface area contributed by atoms with Crippen molar-refractivity contribution in [1.82, 2.24) is 10.2 Å². The Hall–Kier alpha value is -2.38. The molecular formula is C14H15F3N2O3. The molecule has 22 heavy (non-hydrogen) atoms. The van der Waals surface area contributed by atoms with Crippen LogP contribution in [0.15, 0.2) is 12.1 Å².